The molecule has 3 aromatic carbocycles. The Morgan fingerprint density at radius 1 is 0.647 bits per heavy atom. The third-order valence-corrected chi connectivity index (χ3v) is 6.45. The molecule has 0 aliphatic carbocycles. The Kier molecular flexibility index (Phi) is 5.75. The van der Waals surface area contributed by atoms with E-state index in [0.29, 0.717) is 0 Å². The van der Waals surface area contributed by atoms with Crippen LogP contribution in [0.2, 0.25) is 0 Å². The Bertz CT molecular complexity index is 1640. The molecule has 3 heterocycles. The minimum Gasteiger partial charge on any atom is -0.256 e. The maximum atomic E-state index is 5.11. The topological polar surface area (TPSA) is 38.7 Å². The smallest absolute Gasteiger partial charge is 0.0894 e. The van der Waals surface area contributed by atoms with E-state index in [2.05, 4.69) is 85.6 Å². The van der Waals surface area contributed by atoms with Gasteiger partial charge < -0.3 is 0 Å². The van der Waals surface area contributed by atoms with Crippen LogP contribution in [0.25, 0.3) is 44.0 Å². The van der Waals surface area contributed by atoms with E-state index in [4.69, 9.17) is 9.97 Å². The molecule has 6 rings (SSSR count). The number of hydrogen-bond donors (Lipinski definition) is 0. The SMILES string of the molecule is CC(C)(c1[c-]cccc1)c1cccc(-c2ccc3ccc4ccc5cccnc5c4c3n2)n1.[Pt]. The van der Waals surface area contributed by atoms with Gasteiger partial charge in [-0.1, -0.05) is 56.3 Å². The molecule has 0 amide bonds. The molecule has 0 radical (unpaired) electrons. The maximum absolute atomic E-state index is 5.11. The van der Waals surface area contributed by atoms with E-state index >= 15 is 0 Å². The third kappa shape index (κ3) is 3.71. The molecule has 0 bridgehead atoms. The molecular formula is C30H22N3Pt-. The van der Waals surface area contributed by atoms with Gasteiger partial charge in [-0.2, -0.15) is 35.9 Å². The van der Waals surface area contributed by atoms with Crippen LogP contribution in [0.1, 0.15) is 25.1 Å². The Balaban J connectivity index is 0.00000241. The second-order valence-corrected chi connectivity index (χ2v) is 8.88. The van der Waals surface area contributed by atoms with E-state index in [1.165, 1.54) is 0 Å². The minimum atomic E-state index is -0.263. The molecule has 0 N–H and O–H groups in total. The first-order chi connectivity index (χ1) is 16.1. The van der Waals surface area contributed by atoms with Crippen LogP contribution in [-0.2, 0) is 26.5 Å². The van der Waals surface area contributed by atoms with Gasteiger partial charge in [0.2, 0.25) is 0 Å². The number of pyridine rings is 3. The molecule has 3 nitrogen and oxygen atoms in total. The first-order valence-electron chi connectivity index (χ1n) is 11.1. The zero-order valence-electron chi connectivity index (χ0n) is 18.9. The van der Waals surface area contributed by atoms with Crippen molar-refractivity contribution in [1.82, 2.24) is 15.0 Å². The Hall–Kier alpha value is -3.42. The van der Waals surface area contributed by atoms with Gasteiger partial charge in [0.25, 0.3) is 0 Å². The van der Waals surface area contributed by atoms with Gasteiger partial charge in [0.1, 0.15) is 0 Å². The molecule has 6 aromatic rings. The number of fused-ring (bicyclic) bond motifs is 5. The van der Waals surface area contributed by atoms with E-state index in [1.807, 2.05) is 36.5 Å². The summed E-state index contributed by atoms with van der Waals surface area (Å²) >= 11 is 0. The van der Waals surface area contributed by atoms with E-state index in [0.717, 1.165) is 55.2 Å². The molecular weight excluding hydrogens is 597 g/mol. The average molecular weight is 620 g/mol. The molecule has 0 saturated carbocycles. The fourth-order valence-electron chi connectivity index (χ4n) is 4.52. The molecule has 0 saturated heterocycles. The predicted octanol–water partition coefficient (Wildman–Crippen LogP) is 7.12. The number of benzene rings is 3. The summed E-state index contributed by atoms with van der Waals surface area (Å²) < 4.78 is 0. The average Bonchev–Trinajstić information content (AvgIpc) is 2.88. The number of hydrogen-bond acceptors (Lipinski definition) is 3. The van der Waals surface area contributed by atoms with Crippen LogP contribution in [0.15, 0.2) is 97.2 Å². The van der Waals surface area contributed by atoms with Crippen molar-refractivity contribution in [1.29, 1.82) is 0 Å². The van der Waals surface area contributed by atoms with E-state index in [1.54, 1.807) is 0 Å². The van der Waals surface area contributed by atoms with Crippen molar-refractivity contribution in [3.05, 3.63) is 115 Å². The first kappa shape index (κ1) is 22.4. The third-order valence-electron chi connectivity index (χ3n) is 6.45. The predicted molar refractivity (Wildman–Crippen MR) is 135 cm³/mol. The maximum Gasteiger partial charge on any atom is 0.0894 e. The summed E-state index contributed by atoms with van der Waals surface area (Å²) in [7, 11) is 0. The van der Waals surface area contributed by atoms with Crippen LogP contribution in [-0.4, -0.2) is 15.0 Å². The zero-order chi connectivity index (χ0) is 22.4. The fourth-order valence-corrected chi connectivity index (χ4v) is 4.52. The Labute approximate surface area is 213 Å². The molecule has 168 valence electrons. The van der Waals surface area contributed by atoms with E-state index in [-0.39, 0.29) is 26.5 Å². The quantitative estimate of drug-likeness (QED) is 0.156. The van der Waals surface area contributed by atoms with Crippen molar-refractivity contribution in [3.63, 3.8) is 0 Å². The number of aromatic nitrogens is 3. The van der Waals surface area contributed by atoms with Gasteiger partial charge in [0, 0.05) is 54.5 Å². The summed E-state index contributed by atoms with van der Waals surface area (Å²) in [5, 5.41) is 4.44. The second kappa shape index (κ2) is 8.74. The van der Waals surface area contributed by atoms with Crippen molar-refractivity contribution in [2.24, 2.45) is 0 Å². The fraction of sp³-hybridized carbons (Fsp3) is 0.100. The van der Waals surface area contributed by atoms with Gasteiger partial charge >= 0.3 is 0 Å². The molecule has 0 atom stereocenters. The molecule has 0 aliphatic rings. The van der Waals surface area contributed by atoms with Crippen LogP contribution in [0.3, 0.4) is 0 Å². The summed E-state index contributed by atoms with van der Waals surface area (Å²) in [6, 6.07) is 34.4. The summed E-state index contributed by atoms with van der Waals surface area (Å²) in [5.41, 5.74) is 5.51. The monoisotopic (exact) mass is 619 g/mol. The summed E-state index contributed by atoms with van der Waals surface area (Å²) in [6.45, 7) is 4.37. The standard InChI is InChI=1S/C30H22N3.Pt/c1-30(2,23-9-4-3-5-10-23)26-12-6-11-24(32-26)25-18-17-22-16-14-20-13-15-21-8-7-19-31-28(21)27(20)29(22)33-25;/h3-9,11-19H,1-2H3;/q-1;. The van der Waals surface area contributed by atoms with Crippen molar-refractivity contribution >= 4 is 32.6 Å². The normalized spacial score (nSPS) is 11.6. The molecule has 0 unspecified atom stereocenters. The van der Waals surface area contributed by atoms with Crippen LogP contribution in [0, 0.1) is 6.07 Å². The van der Waals surface area contributed by atoms with Crippen LogP contribution >= 0.6 is 0 Å². The summed E-state index contributed by atoms with van der Waals surface area (Å²) in [5.74, 6) is 0. The molecule has 0 aliphatic heterocycles. The molecule has 3 aromatic heterocycles. The van der Waals surface area contributed by atoms with Crippen LogP contribution in [0.5, 0.6) is 0 Å². The summed E-state index contributed by atoms with van der Waals surface area (Å²) in [6.07, 6.45) is 1.85. The van der Waals surface area contributed by atoms with E-state index < -0.39 is 0 Å². The van der Waals surface area contributed by atoms with Gasteiger partial charge in [0.15, 0.2) is 0 Å². The van der Waals surface area contributed by atoms with Crippen LogP contribution < -0.4 is 0 Å². The first-order valence-corrected chi connectivity index (χ1v) is 11.1. The van der Waals surface area contributed by atoms with Crippen molar-refractivity contribution in [2.45, 2.75) is 19.3 Å². The second-order valence-electron chi connectivity index (χ2n) is 8.88. The molecule has 4 heteroatoms. The van der Waals surface area contributed by atoms with Gasteiger partial charge in [-0.3, -0.25) is 9.97 Å². The Morgan fingerprint density at radius 2 is 1.38 bits per heavy atom. The number of rotatable bonds is 3. The van der Waals surface area contributed by atoms with Crippen molar-refractivity contribution in [2.75, 3.05) is 0 Å². The zero-order valence-corrected chi connectivity index (χ0v) is 21.2. The summed E-state index contributed by atoms with van der Waals surface area (Å²) in [4.78, 5) is 14.8. The van der Waals surface area contributed by atoms with Gasteiger partial charge in [0.05, 0.1) is 22.4 Å². The molecule has 0 fully saturated rings. The van der Waals surface area contributed by atoms with Gasteiger partial charge in [-0.25, -0.2) is 4.98 Å². The van der Waals surface area contributed by atoms with Crippen molar-refractivity contribution < 1.29 is 21.1 Å². The van der Waals surface area contributed by atoms with Gasteiger partial charge in [-0.05, 0) is 29.7 Å². The van der Waals surface area contributed by atoms with E-state index in [9.17, 15) is 0 Å². The molecule has 34 heavy (non-hydrogen) atoms. The Morgan fingerprint density at radius 3 is 2.18 bits per heavy atom. The molecule has 0 spiro atoms. The van der Waals surface area contributed by atoms with Gasteiger partial charge in [-0.15, -0.1) is 0 Å². The van der Waals surface area contributed by atoms with Crippen molar-refractivity contribution in [3.8, 4) is 11.4 Å². The largest absolute Gasteiger partial charge is 0.256 e. The number of nitrogens with zero attached hydrogens (tertiary/aromatic N) is 3. The van der Waals surface area contributed by atoms with Crippen LogP contribution in [0.4, 0.5) is 0 Å². The minimum absolute atomic E-state index is 0.